The van der Waals surface area contributed by atoms with E-state index in [1.165, 1.54) is 0 Å². The van der Waals surface area contributed by atoms with E-state index in [0.717, 1.165) is 0 Å². The number of hydrogen-bond donors (Lipinski definition) is 1. The molecule has 122 valence electrons. The maximum absolute atomic E-state index is 12.7. The number of ether oxygens (including phenoxy) is 1. The summed E-state index contributed by atoms with van der Waals surface area (Å²) in [5.41, 5.74) is 0.901. The molecule has 0 bridgehead atoms. The number of hydrogen-bond acceptors (Lipinski definition) is 4. The molecule has 1 saturated heterocycles. The van der Waals surface area contributed by atoms with E-state index in [9.17, 15) is 9.59 Å². The van der Waals surface area contributed by atoms with Gasteiger partial charge in [-0.3, -0.25) is 14.0 Å². The highest BCUT2D eigenvalue weighted by atomic mass is 16.5. The highest BCUT2D eigenvalue weighted by molar-refractivity contribution is 6.02. The summed E-state index contributed by atoms with van der Waals surface area (Å²) in [7, 11) is 0. The summed E-state index contributed by atoms with van der Waals surface area (Å²) in [6, 6.07) is 5.43. The highest BCUT2D eigenvalue weighted by Crippen LogP contribution is 2.15. The van der Waals surface area contributed by atoms with Crippen molar-refractivity contribution in [2.45, 2.75) is 19.9 Å². The van der Waals surface area contributed by atoms with Gasteiger partial charge in [0.05, 0.1) is 18.7 Å². The highest BCUT2D eigenvalue weighted by Gasteiger charge is 2.26. The first-order valence-electron chi connectivity index (χ1n) is 7.73. The maximum atomic E-state index is 12.7. The summed E-state index contributed by atoms with van der Waals surface area (Å²) in [6.45, 7) is 5.89. The van der Waals surface area contributed by atoms with Crippen LogP contribution < -0.4 is 5.32 Å². The Hall–Kier alpha value is -2.41. The minimum atomic E-state index is -0.273. The number of nitrogens with zero attached hydrogens (tertiary/aromatic N) is 3. The van der Waals surface area contributed by atoms with E-state index < -0.39 is 0 Å². The number of nitrogens with one attached hydrogen (secondary N) is 1. The number of morpholine rings is 1. The van der Waals surface area contributed by atoms with Gasteiger partial charge in [0.2, 0.25) is 5.82 Å². The van der Waals surface area contributed by atoms with Crippen molar-refractivity contribution in [1.29, 1.82) is 0 Å². The second kappa shape index (κ2) is 6.37. The molecule has 1 aliphatic rings. The van der Waals surface area contributed by atoms with E-state index in [2.05, 4.69) is 10.3 Å². The van der Waals surface area contributed by atoms with Crippen LogP contribution in [0.25, 0.3) is 5.52 Å². The Morgan fingerprint density at radius 1 is 1.26 bits per heavy atom. The standard InChI is InChI=1S/C16H20N4O3/c1-11(2)17-15(21)13-12-5-3-4-6-20(12)14(18-13)16(22)19-7-9-23-10-8-19/h3-6,11H,7-10H2,1-2H3,(H,17,21). The fourth-order valence-corrected chi connectivity index (χ4v) is 2.59. The lowest BCUT2D eigenvalue weighted by Gasteiger charge is -2.26. The number of pyridine rings is 1. The molecular formula is C16H20N4O3. The molecule has 0 saturated carbocycles. The Bertz CT molecular complexity index is 732. The van der Waals surface area contributed by atoms with Crippen molar-refractivity contribution in [3.8, 4) is 0 Å². The summed E-state index contributed by atoms with van der Waals surface area (Å²) < 4.78 is 6.95. The number of imidazole rings is 1. The lowest BCUT2D eigenvalue weighted by atomic mass is 10.3. The van der Waals surface area contributed by atoms with Gasteiger partial charge in [0.1, 0.15) is 0 Å². The van der Waals surface area contributed by atoms with E-state index in [0.29, 0.717) is 31.8 Å². The van der Waals surface area contributed by atoms with Gasteiger partial charge in [-0.25, -0.2) is 4.98 Å². The van der Waals surface area contributed by atoms with Gasteiger partial charge in [-0.2, -0.15) is 0 Å². The summed E-state index contributed by atoms with van der Waals surface area (Å²) in [5.74, 6) is -0.195. The van der Waals surface area contributed by atoms with Crippen LogP contribution in [0.15, 0.2) is 24.4 Å². The monoisotopic (exact) mass is 316 g/mol. The quantitative estimate of drug-likeness (QED) is 0.914. The van der Waals surface area contributed by atoms with Crippen molar-refractivity contribution in [3.05, 3.63) is 35.9 Å². The molecule has 3 rings (SSSR count). The Labute approximate surface area is 134 Å². The van der Waals surface area contributed by atoms with Crippen LogP contribution in [-0.4, -0.2) is 58.4 Å². The molecule has 0 aliphatic carbocycles. The van der Waals surface area contributed by atoms with Crippen molar-refractivity contribution >= 4 is 17.3 Å². The molecule has 3 heterocycles. The van der Waals surface area contributed by atoms with E-state index in [4.69, 9.17) is 4.74 Å². The van der Waals surface area contributed by atoms with Crippen molar-refractivity contribution in [2.24, 2.45) is 0 Å². The van der Waals surface area contributed by atoms with Crippen molar-refractivity contribution in [3.63, 3.8) is 0 Å². The zero-order chi connectivity index (χ0) is 16.4. The summed E-state index contributed by atoms with van der Waals surface area (Å²) in [4.78, 5) is 31.1. The van der Waals surface area contributed by atoms with Gasteiger partial charge in [-0.15, -0.1) is 0 Å². The molecule has 0 radical (unpaired) electrons. The largest absolute Gasteiger partial charge is 0.378 e. The molecule has 7 heteroatoms. The van der Waals surface area contributed by atoms with Gasteiger partial charge in [-0.05, 0) is 26.0 Å². The van der Waals surface area contributed by atoms with Gasteiger partial charge in [0.15, 0.2) is 5.69 Å². The normalized spacial score (nSPS) is 15.2. The molecule has 1 aliphatic heterocycles. The smallest absolute Gasteiger partial charge is 0.290 e. The van der Waals surface area contributed by atoms with E-state index in [1.807, 2.05) is 26.0 Å². The fraction of sp³-hybridized carbons (Fsp3) is 0.438. The first-order valence-corrected chi connectivity index (χ1v) is 7.73. The third kappa shape index (κ3) is 3.05. The van der Waals surface area contributed by atoms with Crippen molar-refractivity contribution < 1.29 is 14.3 Å². The SMILES string of the molecule is CC(C)NC(=O)c1nc(C(=O)N2CCOCC2)n2ccccc12. The Morgan fingerprint density at radius 2 is 2.00 bits per heavy atom. The molecule has 0 unspecified atom stereocenters. The molecule has 2 amide bonds. The Morgan fingerprint density at radius 3 is 2.70 bits per heavy atom. The number of amides is 2. The van der Waals surface area contributed by atoms with E-state index in [-0.39, 0.29) is 29.4 Å². The summed E-state index contributed by atoms with van der Waals surface area (Å²) in [6.07, 6.45) is 1.75. The van der Waals surface area contributed by atoms with Gasteiger partial charge in [-0.1, -0.05) is 6.07 Å². The first-order chi connectivity index (χ1) is 11.1. The lowest BCUT2D eigenvalue weighted by molar-refractivity contribution is 0.0294. The molecule has 0 atom stereocenters. The van der Waals surface area contributed by atoms with Gasteiger partial charge in [0, 0.05) is 25.3 Å². The van der Waals surface area contributed by atoms with E-state index >= 15 is 0 Å². The number of carbonyl (C=O) groups is 2. The van der Waals surface area contributed by atoms with Gasteiger partial charge in [0.25, 0.3) is 11.8 Å². The van der Waals surface area contributed by atoms with Crippen molar-refractivity contribution in [2.75, 3.05) is 26.3 Å². The number of rotatable bonds is 3. The van der Waals surface area contributed by atoms with Crippen molar-refractivity contribution in [1.82, 2.24) is 19.6 Å². The first kappa shape index (κ1) is 15.5. The predicted octanol–water partition coefficient (Wildman–Crippen LogP) is 0.945. The van der Waals surface area contributed by atoms with E-state index in [1.54, 1.807) is 21.6 Å². The minimum Gasteiger partial charge on any atom is -0.378 e. The number of aromatic nitrogens is 2. The van der Waals surface area contributed by atoms with Crippen LogP contribution in [0, 0.1) is 0 Å². The average molecular weight is 316 g/mol. The molecular weight excluding hydrogens is 296 g/mol. The molecule has 7 nitrogen and oxygen atoms in total. The van der Waals surface area contributed by atoms with Crippen LogP contribution >= 0.6 is 0 Å². The maximum Gasteiger partial charge on any atom is 0.290 e. The number of fused-ring (bicyclic) bond motifs is 1. The third-order valence-electron chi connectivity index (χ3n) is 3.67. The summed E-state index contributed by atoms with van der Waals surface area (Å²) >= 11 is 0. The predicted molar refractivity (Wildman–Crippen MR) is 84.5 cm³/mol. The fourth-order valence-electron chi connectivity index (χ4n) is 2.59. The molecule has 0 spiro atoms. The zero-order valence-corrected chi connectivity index (χ0v) is 13.3. The molecule has 1 N–H and O–H groups in total. The van der Waals surface area contributed by atoms with Crippen LogP contribution in [-0.2, 0) is 4.74 Å². The molecule has 2 aromatic heterocycles. The lowest BCUT2D eigenvalue weighted by Crippen LogP contribution is -2.41. The van der Waals surface area contributed by atoms with Crippen LogP contribution in [0.4, 0.5) is 0 Å². The van der Waals surface area contributed by atoms with Crippen LogP contribution in [0.3, 0.4) is 0 Å². The van der Waals surface area contributed by atoms with Gasteiger partial charge < -0.3 is 15.0 Å². The number of carbonyl (C=O) groups excluding carboxylic acids is 2. The Balaban J connectivity index is 2.00. The second-order valence-corrected chi connectivity index (χ2v) is 5.77. The molecule has 23 heavy (non-hydrogen) atoms. The van der Waals surface area contributed by atoms with Crippen LogP contribution in [0.5, 0.6) is 0 Å². The molecule has 1 fully saturated rings. The third-order valence-corrected chi connectivity index (χ3v) is 3.67. The molecule has 2 aromatic rings. The van der Waals surface area contributed by atoms with Crippen LogP contribution in [0.2, 0.25) is 0 Å². The van der Waals surface area contributed by atoms with Crippen LogP contribution in [0.1, 0.15) is 35.0 Å². The Kier molecular flexibility index (Phi) is 4.29. The zero-order valence-electron chi connectivity index (χ0n) is 13.3. The average Bonchev–Trinajstić information content (AvgIpc) is 2.94. The summed E-state index contributed by atoms with van der Waals surface area (Å²) in [5, 5.41) is 2.82. The second-order valence-electron chi connectivity index (χ2n) is 5.77. The van der Waals surface area contributed by atoms with Gasteiger partial charge >= 0.3 is 0 Å². The topological polar surface area (TPSA) is 75.9 Å². The minimum absolute atomic E-state index is 0.00126. The molecule has 0 aromatic carbocycles.